The molecule has 0 radical (unpaired) electrons. The number of carbonyl (C=O) groups excluding carboxylic acids is 1. The molecular formula is C17H19FN2O3. The number of benzene rings is 2. The highest BCUT2D eigenvalue weighted by Crippen LogP contribution is 2.29. The zero-order chi connectivity index (χ0) is 16.8. The Balaban J connectivity index is 2.07. The van der Waals surface area contributed by atoms with Gasteiger partial charge in [-0.1, -0.05) is 0 Å². The van der Waals surface area contributed by atoms with Crippen molar-refractivity contribution in [3.8, 4) is 11.5 Å². The molecule has 2 aromatic rings. The van der Waals surface area contributed by atoms with E-state index in [0.717, 1.165) is 0 Å². The third-order valence-electron chi connectivity index (χ3n) is 3.29. The van der Waals surface area contributed by atoms with Gasteiger partial charge in [0.15, 0.2) is 0 Å². The summed E-state index contributed by atoms with van der Waals surface area (Å²) >= 11 is 0. The zero-order valence-corrected chi connectivity index (χ0v) is 13.2. The van der Waals surface area contributed by atoms with E-state index >= 15 is 0 Å². The van der Waals surface area contributed by atoms with Gasteiger partial charge in [-0.3, -0.25) is 4.79 Å². The second kappa shape index (κ2) is 7.49. The summed E-state index contributed by atoms with van der Waals surface area (Å²) in [5, 5.41) is 5.79. The van der Waals surface area contributed by atoms with Crippen LogP contribution in [0.15, 0.2) is 42.5 Å². The molecule has 122 valence electrons. The number of nitrogens with one attached hydrogen (secondary N) is 2. The molecule has 0 fully saturated rings. The topological polar surface area (TPSA) is 59.6 Å². The molecule has 2 rings (SSSR count). The molecule has 0 aliphatic rings. The number of methoxy groups -OCH3 is 2. The van der Waals surface area contributed by atoms with Gasteiger partial charge in [-0.05, 0) is 43.3 Å². The van der Waals surface area contributed by atoms with Gasteiger partial charge in [-0.2, -0.15) is 0 Å². The average molecular weight is 318 g/mol. The molecule has 0 spiro atoms. The van der Waals surface area contributed by atoms with Gasteiger partial charge in [0.05, 0.1) is 19.9 Å². The molecular weight excluding hydrogens is 299 g/mol. The van der Waals surface area contributed by atoms with Crippen LogP contribution in [-0.4, -0.2) is 26.2 Å². The number of rotatable bonds is 6. The van der Waals surface area contributed by atoms with E-state index in [4.69, 9.17) is 9.47 Å². The highest BCUT2D eigenvalue weighted by atomic mass is 19.1. The molecule has 0 aliphatic heterocycles. The molecule has 0 bridgehead atoms. The standard InChI is InChI=1S/C17H19FN2O3/c1-11(19-13-6-4-12(18)5-7-13)17(21)20-15-10-14(22-2)8-9-16(15)23-3/h4-11,19H,1-3H3,(H,20,21). The summed E-state index contributed by atoms with van der Waals surface area (Å²) in [4.78, 5) is 12.3. The van der Waals surface area contributed by atoms with Crippen LogP contribution in [0.3, 0.4) is 0 Å². The summed E-state index contributed by atoms with van der Waals surface area (Å²) in [6.07, 6.45) is 0. The van der Waals surface area contributed by atoms with E-state index < -0.39 is 6.04 Å². The van der Waals surface area contributed by atoms with Gasteiger partial charge in [0, 0.05) is 11.8 Å². The van der Waals surface area contributed by atoms with Gasteiger partial charge < -0.3 is 20.1 Å². The number of anilines is 2. The molecule has 0 heterocycles. The van der Waals surface area contributed by atoms with Crippen molar-refractivity contribution in [3.63, 3.8) is 0 Å². The smallest absolute Gasteiger partial charge is 0.246 e. The summed E-state index contributed by atoms with van der Waals surface area (Å²) in [7, 11) is 3.07. The molecule has 0 aliphatic carbocycles. The van der Waals surface area contributed by atoms with E-state index in [1.807, 2.05) is 0 Å². The SMILES string of the molecule is COc1ccc(OC)c(NC(=O)C(C)Nc2ccc(F)cc2)c1. The molecule has 0 saturated heterocycles. The summed E-state index contributed by atoms with van der Waals surface area (Å²) < 4.78 is 23.3. The number of hydrogen-bond donors (Lipinski definition) is 2. The predicted octanol–water partition coefficient (Wildman–Crippen LogP) is 3.28. The molecule has 2 aromatic carbocycles. The normalized spacial score (nSPS) is 11.5. The van der Waals surface area contributed by atoms with Crippen LogP contribution in [0.25, 0.3) is 0 Å². The van der Waals surface area contributed by atoms with Crippen LogP contribution >= 0.6 is 0 Å². The summed E-state index contributed by atoms with van der Waals surface area (Å²) in [5.41, 5.74) is 1.18. The number of carbonyl (C=O) groups is 1. The van der Waals surface area contributed by atoms with Crippen molar-refractivity contribution < 1.29 is 18.7 Å². The zero-order valence-electron chi connectivity index (χ0n) is 13.2. The molecule has 6 heteroatoms. The predicted molar refractivity (Wildman–Crippen MR) is 87.7 cm³/mol. The lowest BCUT2D eigenvalue weighted by Crippen LogP contribution is -2.32. The fourth-order valence-corrected chi connectivity index (χ4v) is 2.01. The van der Waals surface area contributed by atoms with Crippen molar-refractivity contribution in [1.82, 2.24) is 0 Å². The van der Waals surface area contributed by atoms with E-state index in [9.17, 15) is 9.18 Å². The first kappa shape index (κ1) is 16.6. The lowest BCUT2D eigenvalue weighted by molar-refractivity contribution is -0.116. The molecule has 1 amide bonds. The Hall–Kier alpha value is -2.76. The highest BCUT2D eigenvalue weighted by molar-refractivity contribution is 5.97. The van der Waals surface area contributed by atoms with Crippen LogP contribution in [0.5, 0.6) is 11.5 Å². The average Bonchev–Trinajstić information content (AvgIpc) is 2.56. The summed E-state index contributed by atoms with van der Waals surface area (Å²) in [6, 6.07) is 10.4. The quantitative estimate of drug-likeness (QED) is 0.858. The molecule has 1 unspecified atom stereocenters. The van der Waals surface area contributed by atoms with Crippen molar-refractivity contribution >= 4 is 17.3 Å². The second-order valence-corrected chi connectivity index (χ2v) is 4.93. The lowest BCUT2D eigenvalue weighted by atomic mass is 10.2. The van der Waals surface area contributed by atoms with E-state index in [2.05, 4.69) is 10.6 Å². The van der Waals surface area contributed by atoms with Gasteiger partial charge in [-0.15, -0.1) is 0 Å². The first-order valence-corrected chi connectivity index (χ1v) is 7.08. The van der Waals surface area contributed by atoms with Crippen molar-refractivity contribution in [2.75, 3.05) is 24.9 Å². The van der Waals surface area contributed by atoms with Gasteiger partial charge in [-0.25, -0.2) is 4.39 Å². The maximum atomic E-state index is 12.9. The largest absolute Gasteiger partial charge is 0.497 e. The van der Waals surface area contributed by atoms with E-state index in [0.29, 0.717) is 22.9 Å². The number of hydrogen-bond acceptors (Lipinski definition) is 4. The number of amides is 1. The van der Waals surface area contributed by atoms with Crippen molar-refractivity contribution in [3.05, 3.63) is 48.3 Å². The maximum Gasteiger partial charge on any atom is 0.246 e. The number of ether oxygens (including phenoxy) is 2. The third kappa shape index (κ3) is 4.35. The Bertz CT molecular complexity index is 674. The molecule has 0 aromatic heterocycles. The van der Waals surface area contributed by atoms with Crippen molar-refractivity contribution in [1.29, 1.82) is 0 Å². The van der Waals surface area contributed by atoms with Gasteiger partial charge >= 0.3 is 0 Å². The Morgan fingerprint density at radius 3 is 2.39 bits per heavy atom. The second-order valence-electron chi connectivity index (χ2n) is 4.93. The van der Waals surface area contributed by atoms with Crippen LogP contribution < -0.4 is 20.1 Å². The van der Waals surface area contributed by atoms with E-state index in [1.54, 1.807) is 44.4 Å². The first-order valence-electron chi connectivity index (χ1n) is 7.08. The lowest BCUT2D eigenvalue weighted by Gasteiger charge is -2.17. The Kier molecular flexibility index (Phi) is 5.41. The van der Waals surface area contributed by atoms with Crippen LogP contribution in [0.1, 0.15) is 6.92 Å². The van der Waals surface area contributed by atoms with Gasteiger partial charge in [0.1, 0.15) is 23.4 Å². The van der Waals surface area contributed by atoms with Crippen molar-refractivity contribution in [2.24, 2.45) is 0 Å². The van der Waals surface area contributed by atoms with Gasteiger partial charge in [0.2, 0.25) is 5.91 Å². The fourth-order valence-electron chi connectivity index (χ4n) is 2.01. The third-order valence-corrected chi connectivity index (χ3v) is 3.29. The van der Waals surface area contributed by atoms with Gasteiger partial charge in [0.25, 0.3) is 0 Å². The Morgan fingerprint density at radius 2 is 1.78 bits per heavy atom. The minimum atomic E-state index is -0.517. The monoisotopic (exact) mass is 318 g/mol. The van der Waals surface area contributed by atoms with Crippen LogP contribution in [0.4, 0.5) is 15.8 Å². The first-order chi connectivity index (χ1) is 11.0. The number of halogens is 1. The van der Waals surface area contributed by atoms with Crippen LogP contribution in [0.2, 0.25) is 0 Å². The Morgan fingerprint density at radius 1 is 1.09 bits per heavy atom. The molecule has 0 saturated carbocycles. The van der Waals surface area contributed by atoms with Crippen molar-refractivity contribution in [2.45, 2.75) is 13.0 Å². The Labute approximate surface area is 134 Å². The molecule has 1 atom stereocenters. The summed E-state index contributed by atoms with van der Waals surface area (Å²) in [6.45, 7) is 1.71. The molecule has 5 nitrogen and oxygen atoms in total. The van der Waals surface area contributed by atoms with E-state index in [1.165, 1.54) is 19.2 Å². The summed E-state index contributed by atoms with van der Waals surface area (Å²) in [5.74, 6) is 0.572. The minimum absolute atomic E-state index is 0.249. The molecule has 23 heavy (non-hydrogen) atoms. The molecule has 2 N–H and O–H groups in total. The highest BCUT2D eigenvalue weighted by Gasteiger charge is 2.15. The maximum absolute atomic E-state index is 12.9. The van der Waals surface area contributed by atoms with Crippen LogP contribution in [0, 0.1) is 5.82 Å². The van der Waals surface area contributed by atoms with E-state index in [-0.39, 0.29) is 11.7 Å². The fraction of sp³-hybridized carbons (Fsp3) is 0.235. The minimum Gasteiger partial charge on any atom is -0.497 e. The van der Waals surface area contributed by atoms with Crippen LogP contribution in [-0.2, 0) is 4.79 Å².